The molecule has 0 spiro atoms. The first-order valence-electron chi connectivity index (χ1n) is 9.88. The van der Waals surface area contributed by atoms with Crippen LogP contribution in [0, 0.1) is 0 Å². The van der Waals surface area contributed by atoms with Crippen LogP contribution in [0.15, 0.2) is 25.5 Å². The molecule has 0 aliphatic carbocycles. The maximum atomic E-state index is 6.02. The van der Waals surface area contributed by atoms with Crippen LogP contribution in [-0.2, 0) is 31.3 Å². The fourth-order valence-corrected chi connectivity index (χ4v) is 9.44. The maximum Gasteiger partial charge on any atom is 0.510 e. The van der Waals surface area contributed by atoms with Crippen molar-refractivity contribution < 1.29 is 31.3 Å². The van der Waals surface area contributed by atoms with E-state index in [1.165, 1.54) is 6.26 Å². The minimum atomic E-state index is -3.07. The second kappa shape index (κ2) is 14.5. The first-order valence-corrected chi connectivity index (χ1v) is 13.5. The zero-order valence-electron chi connectivity index (χ0n) is 18.6. The predicted octanol–water partition coefficient (Wildman–Crippen LogP) is 4.17. The number of hydrogen-bond acceptors (Lipinski definition) is 7. The van der Waals surface area contributed by atoms with Crippen LogP contribution in [0.3, 0.4) is 0 Å². The summed E-state index contributed by atoms with van der Waals surface area (Å²) < 4.78 is 40.9. The summed E-state index contributed by atoms with van der Waals surface area (Å²) in [7, 11) is -1.04. The molecule has 1 unspecified atom stereocenters. The minimum absolute atomic E-state index is 0.528. The molecule has 0 amide bonds. The quantitative estimate of drug-likeness (QED) is 0.130. The van der Waals surface area contributed by atoms with Gasteiger partial charge < -0.3 is 31.3 Å². The van der Waals surface area contributed by atoms with Gasteiger partial charge in [0, 0.05) is 47.2 Å². The van der Waals surface area contributed by atoms with E-state index in [0.29, 0.717) is 38.9 Å². The lowest BCUT2D eigenvalue weighted by Crippen LogP contribution is -2.55. The third kappa shape index (κ3) is 7.06. The summed E-state index contributed by atoms with van der Waals surface area (Å²) in [6.07, 6.45) is 5.49. The maximum absolute atomic E-state index is 6.02. The fourth-order valence-electron chi connectivity index (χ4n) is 3.55. The summed E-state index contributed by atoms with van der Waals surface area (Å²) in [6.45, 7) is 15.7. The molecule has 0 aromatic rings. The summed E-state index contributed by atoms with van der Waals surface area (Å²) in [4.78, 5) is 0. The van der Waals surface area contributed by atoms with Crippen molar-refractivity contribution in [2.45, 2.75) is 51.1 Å². The highest BCUT2D eigenvalue weighted by Crippen LogP contribution is 2.50. The zero-order chi connectivity index (χ0) is 21.5. The van der Waals surface area contributed by atoms with E-state index in [-0.39, 0.29) is 0 Å². The Hall–Kier alpha value is -0.526. The Morgan fingerprint density at radius 2 is 1.32 bits per heavy atom. The van der Waals surface area contributed by atoms with Crippen molar-refractivity contribution in [1.82, 2.24) is 0 Å². The summed E-state index contributed by atoms with van der Waals surface area (Å²) in [5, 5.41) is -0.528. The molecule has 0 aromatic heterocycles. The number of ether oxygens (including phenoxy) is 1. The first kappa shape index (κ1) is 27.5. The van der Waals surface area contributed by atoms with Crippen LogP contribution in [-0.4, -0.2) is 65.4 Å². The molecule has 7 nitrogen and oxygen atoms in total. The Bertz CT molecular complexity index is 407. The van der Waals surface area contributed by atoms with Crippen molar-refractivity contribution in [2.75, 3.05) is 47.8 Å². The molecule has 0 rings (SSSR count). The second-order valence-corrected chi connectivity index (χ2v) is 12.2. The van der Waals surface area contributed by atoms with Crippen molar-refractivity contribution in [3.05, 3.63) is 25.5 Å². The lowest BCUT2D eigenvalue weighted by Gasteiger charge is -2.43. The Labute approximate surface area is 173 Å². The number of allylic oxidation sites excluding steroid dienone is 1. The van der Waals surface area contributed by atoms with Crippen LogP contribution in [0.4, 0.5) is 0 Å². The van der Waals surface area contributed by atoms with Crippen molar-refractivity contribution in [2.24, 2.45) is 0 Å². The third-order valence-electron chi connectivity index (χ3n) is 4.78. The van der Waals surface area contributed by atoms with E-state index in [9.17, 15) is 0 Å². The van der Waals surface area contributed by atoms with Gasteiger partial charge in [-0.15, -0.1) is 6.58 Å². The van der Waals surface area contributed by atoms with Gasteiger partial charge in [-0.2, -0.15) is 0 Å². The smallest absolute Gasteiger partial charge is 0.502 e. The van der Waals surface area contributed by atoms with Crippen molar-refractivity contribution in [3.8, 4) is 0 Å². The van der Waals surface area contributed by atoms with Gasteiger partial charge in [-0.1, -0.05) is 12.7 Å². The summed E-state index contributed by atoms with van der Waals surface area (Å²) in [5.74, 6) is 0. The van der Waals surface area contributed by atoms with Crippen LogP contribution >= 0.6 is 0 Å². The van der Waals surface area contributed by atoms with E-state index in [1.54, 1.807) is 21.3 Å². The van der Waals surface area contributed by atoms with Gasteiger partial charge in [0.05, 0.1) is 17.9 Å². The van der Waals surface area contributed by atoms with Gasteiger partial charge in [0.1, 0.15) is 0 Å². The molecule has 0 fully saturated rings. The Balaban J connectivity index is 5.80. The monoisotopic (exact) mass is 436 g/mol. The molecule has 9 heteroatoms. The molecule has 28 heavy (non-hydrogen) atoms. The molecule has 0 aromatic carbocycles. The average molecular weight is 437 g/mol. The van der Waals surface area contributed by atoms with Crippen LogP contribution in [0.1, 0.15) is 40.0 Å². The molecule has 0 aliphatic rings. The molecule has 0 aliphatic heterocycles. The van der Waals surface area contributed by atoms with Crippen LogP contribution in [0.25, 0.3) is 0 Å². The van der Waals surface area contributed by atoms with Gasteiger partial charge >= 0.3 is 17.6 Å². The van der Waals surface area contributed by atoms with E-state index in [1.807, 2.05) is 26.8 Å². The van der Waals surface area contributed by atoms with Gasteiger partial charge in [0.15, 0.2) is 0 Å². The number of rotatable bonds is 19. The van der Waals surface area contributed by atoms with Crippen molar-refractivity contribution >= 4 is 17.6 Å². The highest BCUT2D eigenvalue weighted by atomic mass is 28.4. The summed E-state index contributed by atoms with van der Waals surface area (Å²) >= 11 is 0. The van der Waals surface area contributed by atoms with Crippen LogP contribution < -0.4 is 0 Å². The summed E-state index contributed by atoms with van der Waals surface area (Å²) in [6, 6.07) is 0.613. The Morgan fingerprint density at radius 1 is 0.821 bits per heavy atom. The molecular weight excluding hydrogens is 396 g/mol. The van der Waals surface area contributed by atoms with Gasteiger partial charge in [-0.25, -0.2) is 0 Å². The van der Waals surface area contributed by atoms with E-state index in [0.717, 1.165) is 12.8 Å². The predicted molar refractivity (Wildman–Crippen MR) is 115 cm³/mol. The largest absolute Gasteiger partial charge is 0.510 e. The molecule has 0 N–H and O–H groups in total. The van der Waals surface area contributed by atoms with E-state index in [4.69, 9.17) is 31.3 Å². The SMILES string of the molecule is C=COCCCC(C=C)(CC[Si](OCC)(OCC)OCC)[Si](OC)(OC)OC. The molecule has 0 heterocycles. The van der Waals surface area contributed by atoms with E-state index >= 15 is 0 Å². The zero-order valence-corrected chi connectivity index (χ0v) is 20.6. The lowest BCUT2D eigenvalue weighted by atomic mass is 9.99. The first-order chi connectivity index (χ1) is 13.4. The molecule has 0 radical (unpaired) electrons. The van der Waals surface area contributed by atoms with Gasteiger partial charge in [0.2, 0.25) is 0 Å². The molecule has 166 valence electrons. The molecule has 0 saturated carbocycles. The normalized spacial score (nSPS) is 14.5. The van der Waals surface area contributed by atoms with Gasteiger partial charge in [0.25, 0.3) is 0 Å². The number of hydrogen-bond donors (Lipinski definition) is 0. The molecule has 0 bridgehead atoms. The molecule has 1 atom stereocenters. The van der Waals surface area contributed by atoms with Crippen molar-refractivity contribution in [1.29, 1.82) is 0 Å². The highest BCUT2D eigenvalue weighted by molar-refractivity contribution is 6.65. The summed E-state index contributed by atoms with van der Waals surface area (Å²) in [5.41, 5.74) is 0. The van der Waals surface area contributed by atoms with E-state index in [2.05, 4.69) is 13.2 Å². The van der Waals surface area contributed by atoms with Gasteiger partial charge in [-0.3, -0.25) is 0 Å². The van der Waals surface area contributed by atoms with Gasteiger partial charge in [-0.05, 0) is 40.0 Å². The van der Waals surface area contributed by atoms with E-state index < -0.39 is 22.6 Å². The average Bonchev–Trinajstić information content (AvgIpc) is 2.71. The highest BCUT2D eigenvalue weighted by Gasteiger charge is 2.59. The fraction of sp³-hybridized carbons (Fsp3) is 0.789. The van der Waals surface area contributed by atoms with Crippen LogP contribution in [0.5, 0.6) is 0 Å². The molecule has 0 saturated heterocycles. The van der Waals surface area contributed by atoms with Crippen molar-refractivity contribution in [3.63, 3.8) is 0 Å². The second-order valence-electron chi connectivity index (χ2n) is 6.15. The minimum Gasteiger partial charge on any atom is -0.502 e. The third-order valence-corrected chi connectivity index (χ3v) is 11.4. The van der Waals surface area contributed by atoms with Crippen LogP contribution in [0.2, 0.25) is 11.1 Å². The Kier molecular flexibility index (Phi) is 14.2. The Morgan fingerprint density at radius 3 is 1.68 bits per heavy atom. The topological polar surface area (TPSA) is 64.6 Å². The standard InChI is InChI=1S/C19H40O7Si2/c1-9-19(15-14-17-23-10-2,28(20-6,21-7)22-8)16-18-27(24-11-3,25-12-4)26-13-5/h9-10H,1-2,11-18H2,3-8H3. The lowest BCUT2D eigenvalue weighted by molar-refractivity contribution is 0.0653. The molecular formula is C19H40O7Si2.